The number of carbonyl (C=O) groups is 1. The van der Waals surface area contributed by atoms with Gasteiger partial charge in [-0.15, -0.1) is 0 Å². The number of hydrogen-bond donors (Lipinski definition) is 0. The number of halogens is 1. The summed E-state index contributed by atoms with van der Waals surface area (Å²) in [5, 5.41) is 0. The molecule has 1 atom stereocenters. The first-order chi connectivity index (χ1) is 9.54. The van der Waals surface area contributed by atoms with Crippen molar-refractivity contribution < 1.29 is 9.18 Å². The van der Waals surface area contributed by atoms with Crippen molar-refractivity contribution in [3.63, 3.8) is 0 Å². The third-order valence-corrected chi connectivity index (χ3v) is 4.03. The van der Waals surface area contributed by atoms with Crippen molar-refractivity contribution in [3.8, 4) is 0 Å². The van der Waals surface area contributed by atoms with E-state index in [-0.39, 0.29) is 17.6 Å². The lowest BCUT2D eigenvalue weighted by Crippen LogP contribution is -2.41. The maximum atomic E-state index is 14.3. The molecule has 2 rings (SSSR count). The van der Waals surface area contributed by atoms with E-state index < -0.39 is 0 Å². The van der Waals surface area contributed by atoms with E-state index in [2.05, 4.69) is 23.8 Å². The second-order valence-corrected chi connectivity index (χ2v) is 5.56. The molecule has 3 nitrogen and oxygen atoms in total. The zero-order valence-corrected chi connectivity index (χ0v) is 12.5. The van der Waals surface area contributed by atoms with E-state index >= 15 is 0 Å². The molecule has 0 spiro atoms. The molecular formula is C16H23FN2O. The van der Waals surface area contributed by atoms with Crippen LogP contribution in [-0.2, 0) is 0 Å². The lowest BCUT2D eigenvalue weighted by atomic mass is 10.0. The largest absolute Gasteiger partial charge is 0.364 e. The van der Waals surface area contributed by atoms with Crippen LogP contribution in [0.4, 0.5) is 10.1 Å². The van der Waals surface area contributed by atoms with Crippen molar-refractivity contribution in [2.24, 2.45) is 0 Å². The van der Waals surface area contributed by atoms with Crippen LogP contribution in [-0.4, -0.2) is 43.4 Å². The molecule has 0 bridgehead atoms. The SMILES string of the molecule is CCC1CN(C)CCCN1c1c(F)cccc1C(C)=O. The molecule has 20 heavy (non-hydrogen) atoms. The monoisotopic (exact) mass is 278 g/mol. The molecule has 0 aromatic heterocycles. The van der Waals surface area contributed by atoms with Gasteiger partial charge in [-0.3, -0.25) is 4.79 Å². The standard InChI is InChI=1S/C16H23FN2O/c1-4-13-11-18(3)9-6-10-19(13)16-14(12(2)20)7-5-8-15(16)17/h5,7-8,13H,4,6,9-11H2,1-3H3. The second-order valence-electron chi connectivity index (χ2n) is 5.56. The molecule has 0 radical (unpaired) electrons. The molecule has 1 fully saturated rings. The molecule has 1 aromatic rings. The predicted octanol–water partition coefficient (Wildman–Crippen LogP) is 2.95. The van der Waals surface area contributed by atoms with Crippen LogP contribution >= 0.6 is 0 Å². The van der Waals surface area contributed by atoms with Gasteiger partial charge in [0.2, 0.25) is 0 Å². The van der Waals surface area contributed by atoms with Crippen LogP contribution in [0.3, 0.4) is 0 Å². The predicted molar refractivity (Wildman–Crippen MR) is 79.9 cm³/mol. The number of rotatable bonds is 3. The van der Waals surface area contributed by atoms with Gasteiger partial charge in [0.15, 0.2) is 5.78 Å². The Morgan fingerprint density at radius 2 is 2.15 bits per heavy atom. The van der Waals surface area contributed by atoms with Crippen LogP contribution < -0.4 is 4.90 Å². The zero-order valence-electron chi connectivity index (χ0n) is 12.5. The number of hydrogen-bond acceptors (Lipinski definition) is 3. The van der Waals surface area contributed by atoms with Gasteiger partial charge >= 0.3 is 0 Å². The van der Waals surface area contributed by atoms with Gasteiger partial charge < -0.3 is 9.80 Å². The summed E-state index contributed by atoms with van der Waals surface area (Å²) in [6.45, 7) is 6.33. The lowest BCUT2D eigenvalue weighted by Gasteiger charge is -2.33. The van der Waals surface area contributed by atoms with Crippen LogP contribution in [0.1, 0.15) is 37.0 Å². The molecule has 1 unspecified atom stereocenters. The Balaban J connectivity index is 2.45. The minimum atomic E-state index is -0.291. The summed E-state index contributed by atoms with van der Waals surface area (Å²) in [4.78, 5) is 16.2. The van der Waals surface area contributed by atoms with E-state index in [9.17, 15) is 9.18 Å². The molecule has 1 aliphatic heterocycles. The average molecular weight is 278 g/mol. The highest BCUT2D eigenvalue weighted by molar-refractivity contribution is 5.99. The minimum absolute atomic E-state index is 0.0769. The molecule has 0 N–H and O–H groups in total. The summed E-state index contributed by atoms with van der Waals surface area (Å²) in [7, 11) is 2.10. The maximum Gasteiger partial charge on any atom is 0.161 e. The Labute approximate surface area is 120 Å². The molecule has 4 heteroatoms. The number of Topliss-reactive ketones (excluding diaryl/α,β-unsaturated/α-hetero) is 1. The lowest BCUT2D eigenvalue weighted by molar-refractivity contribution is 0.101. The Kier molecular flexibility index (Phi) is 4.76. The van der Waals surface area contributed by atoms with Crippen molar-refractivity contribution in [3.05, 3.63) is 29.6 Å². The summed E-state index contributed by atoms with van der Waals surface area (Å²) in [5.74, 6) is -0.368. The number of anilines is 1. The number of carbonyl (C=O) groups excluding carboxylic acids is 1. The molecule has 1 aliphatic rings. The summed E-state index contributed by atoms with van der Waals surface area (Å²) < 4.78 is 14.3. The third kappa shape index (κ3) is 3.01. The van der Waals surface area contributed by atoms with Crippen LogP contribution in [0.15, 0.2) is 18.2 Å². The van der Waals surface area contributed by atoms with Gasteiger partial charge in [0.25, 0.3) is 0 Å². The van der Waals surface area contributed by atoms with E-state index in [4.69, 9.17) is 0 Å². The fourth-order valence-corrected chi connectivity index (χ4v) is 2.98. The van der Waals surface area contributed by atoms with E-state index in [1.54, 1.807) is 12.1 Å². The number of ketones is 1. The van der Waals surface area contributed by atoms with Gasteiger partial charge in [-0.25, -0.2) is 4.39 Å². The number of nitrogens with zero attached hydrogens (tertiary/aromatic N) is 2. The third-order valence-electron chi connectivity index (χ3n) is 4.03. The van der Waals surface area contributed by atoms with Crippen LogP contribution in [0, 0.1) is 5.82 Å². The topological polar surface area (TPSA) is 23.6 Å². The van der Waals surface area contributed by atoms with Crippen molar-refractivity contribution in [1.29, 1.82) is 0 Å². The number of para-hydroxylation sites is 1. The van der Waals surface area contributed by atoms with Crippen molar-refractivity contribution in [2.45, 2.75) is 32.7 Å². The van der Waals surface area contributed by atoms with Crippen molar-refractivity contribution >= 4 is 11.5 Å². The van der Waals surface area contributed by atoms with Gasteiger partial charge in [0.05, 0.1) is 5.69 Å². The van der Waals surface area contributed by atoms with Gasteiger partial charge in [0, 0.05) is 24.7 Å². The van der Waals surface area contributed by atoms with Gasteiger partial charge in [-0.2, -0.15) is 0 Å². The Morgan fingerprint density at radius 1 is 1.40 bits per heavy atom. The van der Waals surface area contributed by atoms with E-state index in [1.807, 2.05) is 0 Å². The Hall–Kier alpha value is -1.42. The van der Waals surface area contributed by atoms with Crippen molar-refractivity contribution in [1.82, 2.24) is 4.90 Å². The second kappa shape index (κ2) is 6.35. The molecule has 1 heterocycles. The highest BCUT2D eigenvalue weighted by atomic mass is 19.1. The summed E-state index contributed by atoms with van der Waals surface area (Å²) in [6.07, 6.45) is 1.93. The van der Waals surface area contributed by atoms with Crippen LogP contribution in [0.25, 0.3) is 0 Å². The van der Waals surface area contributed by atoms with E-state index in [0.717, 1.165) is 32.5 Å². The van der Waals surface area contributed by atoms with Gasteiger partial charge in [0.1, 0.15) is 5.82 Å². The number of likely N-dealkylation sites (N-methyl/N-ethyl adjacent to an activating group) is 1. The molecular weight excluding hydrogens is 255 g/mol. The highest BCUT2D eigenvalue weighted by Crippen LogP contribution is 2.29. The average Bonchev–Trinajstić information content (AvgIpc) is 2.59. The highest BCUT2D eigenvalue weighted by Gasteiger charge is 2.27. The van der Waals surface area contributed by atoms with Crippen molar-refractivity contribution in [2.75, 3.05) is 31.6 Å². The molecule has 0 amide bonds. The van der Waals surface area contributed by atoms with Crippen LogP contribution in [0.5, 0.6) is 0 Å². The smallest absolute Gasteiger partial charge is 0.161 e. The minimum Gasteiger partial charge on any atom is -0.364 e. The molecule has 110 valence electrons. The zero-order chi connectivity index (χ0) is 14.7. The van der Waals surface area contributed by atoms with E-state index in [0.29, 0.717) is 11.3 Å². The Bertz CT molecular complexity index is 489. The molecule has 1 saturated heterocycles. The molecule has 0 saturated carbocycles. The number of benzene rings is 1. The van der Waals surface area contributed by atoms with E-state index in [1.165, 1.54) is 13.0 Å². The quantitative estimate of drug-likeness (QED) is 0.794. The molecule has 1 aromatic carbocycles. The maximum absolute atomic E-state index is 14.3. The summed E-state index contributed by atoms with van der Waals surface area (Å²) >= 11 is 0. The first-order valence-electron chi connectivity index (χ1n) is 7.29. The summed E-state index contributed by atoms with van der Waals surface area (Å²) in [6, 6.07) is 5.03. The van der Waals surface area contributed by atoms with Gasteiger partial charge in [-0.05, 0) is 45.5 Å². The first kappa shape index (κ1) is 15.0. The molecule has 0 aliphatic carbocycles. The Morgan fingerprint density at radius 3 is 2.80 bits per heavy atom. The summed E-state index contributed by atoms with van der Waals surface area (Å²) in [5.41, 5.74) is 0.982. The first-order valence-corrected chi connectivity index (χ1v) is 7.29. The van der Waals surface area contributed by atoms with Crippen LogP contribution in [0.2, 0.25) is 0 Å². The fourth-order valence-electron chi connectivity index (χ4n) is 2.98. The fraction of sp³-hybridized carbons (Fsp3) is 0.562. The van der Waals surface area contributed by atoms with Gasteiger partial charge in [-0.1, -0.05) is 13.0 Å². The normalized spacial score (nSPS) is 20.8.